The van der Waals surface area contributed by atoms with E-state index in [2.05, 4.69) is 6.58 Å². The summed E-state index contributed by atoms with van der Waals surface area (Å²) in [7, 11) is 0. The van der Waals surface area contributed by atoms with Gasteiger partial charge in [0, 0.05) is 11.9 Å². The zero-order chi connectivity index (χ0) is 15.1. The molecular weight excluding hydrogens is 294 g/mol. The molecule has 0 rings (SSSR count). The fraction of sp³-hybridized carbons (Fsp3) is 0.615. The second kappa shape index (κ2) is 24.1. The fourth-order valence-electron chi connectivity index (χ4n) is 1.25. The molecule has 0 aliphatic rings. The molecule has 0 saturated heterocycles. The lowest BCUT2D eigenvalue weighted by atomic mass is 10.1. The van der Waals surface area contributed by atoms with Gasteiger partial charge in [-0.25, -0.2) is 0 Å². The van der Waals surface area contributed by atoms with Crippen molar-refractivity contribution in [2.75, 3.05) is 0 Å². The molecule has 12 N–H and O–H groups in total. The molecule has 0 radical (unpaired) electrons. The maximum absolute atomic E-state index is 10.0. The Morgan fingerprint density at radius 2 is 0.909 bits per heavy atom. The molecule has 0 atom stereocenters. The first-order chi connectivity index (χ1) is 8.90. The molecule has 0 aromatic rings. The van der Waals surface area contributed by atoms with Crippen LogP contribution in [0.15, 0.2) is 12.7 Å². The summed E-state index contributed by atoms with van der Waals surface area (Å²) in [6, 6.07) is 0. The van der Waals surface area contributed by atoms with Crippen LogP contribution in [0, 0.1) is 0 Å². The van der Waals surface area contributed by atoms with Crippen molar-refractivity contribution in [3.05, 3.63) is 12.7 Å². The van der Waals surface area contributed by atoms with Crippen LogP contribution < -0.4 is 33.8 Å². The first-order valence-corrected chi connectivity index (χ1v) is 6.13. The first-order valence-electron chi connectivity index (χ1n) is 6.13. The Morgan fingerprint density at radius 1 is 0.682 bits per heavy atom. The van der Waals surface area contributed by atoms with Crippen molar-refractivity contribution < 1.29 is 29.7 Å². The number of rotatable bonds is 10. The zero-order valence-electron chi connectivity index (χ0n) is 13.9. The van der Waals surface area contributed by atoms with E-state index in [1.165, 1.54) is 0 Å². The lowest BCUT2D eigenvalue weighted by Gasteiger charge is -2.03. The van der Waals surface area contributed by atoms with E-state index in [1.54, 1.807) is 0 Å². The molecule has 0 bridgehead atoms. The highest BCUT2D eigenvalue weighted by molar-refractivity contribution is 5.76. The number of carboxylic acid groups (broad SMARTS) is 3. The van der Waals surface area contributed by atoms with E-state index in [0.29, 0.717) is 12.8 Å². The summed E-state index contributed by atoms with van der Waals surface area (Å²) in [4.78, 5) is 29.2. The molecule has 0 saturated carbocycles. The molecule has 0 amide bonds. The molecule has 0 heterocycles. The molecule has 22 heavy (non-hydrogen) atoms. The van der Waals surface area contributed by atoms with Crippen LogP contribution >= 0.6 is 0 Å². The molecule has 0 fully saturated rings. The second-order valence-electron chi connectivity index (χ2n) is 3.89. The predicted octanol–water partition coefficient (Wildman–Crippen LogP) is -0.342. The minimum absolute atomic E-state index is 0. The highest BCUT2D eigenvalue weighted by Gasteiger charge is 1.92. The molecule has 0 aromatic heterocycles. The van der Waals surface area contributed by atoms with Gasteiger partial charge in [0.05, 0.1) is 5.97 Å². The van der Waals surface area contributed by atoms with Crippen LogP contribution in [0.5, 0.6) is 0 Å². The summed E-state index contributed by atoms with van der Waals surface area (Å²) in [6.07, 6.45) is 5.95. The lowest BCUT2D eigenvalue weighted by molar-refractivity contribution is -0.307. The van der Waals surface area contributed by atoms with Gasteiger partial charge in [-0.15, -0.1) is 0 Å². The van der Waals surface area contributed by atoms with Gasteiger partial charge in [-0.05, 0) is 31.8 Å². The number of aliphatic carboxylic acids is 3. The SMILES string of the molecule is C=CC(=O)[O-].O=C([O-])CCCCCCCCC(=O)[O-].[NH4+].[NH4+].[NH4+]. The fourth-order valence-corrected chi connectivity index (χ4v) is 1.25. The summed E-state index contributed by atoms with van der Waals surface area (Å²) in [6.45, 7) is 2.90. The summed E-state index contributed by atoms with van der Waals surface area (Å²) in [5.41, 5.74) is 0. The normalized spacial score (nSPS) is 7.82. The van der Waals surface area contributed by atoms with Crippen molar-refractivity contribution in [3.63, 3.8) is 0 Å². The maximum atomic E-state index is 10.0. The average molecular weight is 325 g/mol. The van der Waals surface area contributed by atoms with Gasteiger partial charge in [0.25, 0.3) is 0 Å². The number of carbonyl (C=O) groups is 3. The smallest absolute Gasteiger partial charge is 0.0636 e. The van der Waals surface area contributed by atoms with Crippen LogP contribution in [0.2, 0.25) is 0 Å². The molecule has 0 aromatic carbocycles. The third kappa shape index (κ3) is 43.0. The highest BCUT2D eigenvalue weighted by Crippen LogP contribution is 2.07. The minimum Gasteiger partial charge on any atom is -0.550 e. The predicted molar refractivity (Wildman–Crippen MR) is 80.1 cm³/mol. The van der Waals surface area contributed by atoms with E-state index < -0.39 is 17.9 Å². The Labute approximate surface area is 131 Å². The van der Waals surface area contributed by atoms with Crippen molar-refractivity contribution in [2.45, 2.75) is 51.4 Å². The Balaban J connectivity index is -0.000000105. The highest BCUT2D eigenvalue weighted by atomic mass is 16.4. The third-order valence-corrected chi connectivity index (χ3v) is 2.18. The molecule has 0 aliphatic carbocycles. The van der Waals surface area contributed by atoms with Gasteiger partial charge in [-0.3, -0.25) is 0 Å². The van der Waals surface area contributed by atoms with E-state index in [9.17, 15) is 19.8 Å². The maximum Gasteiger partial charge on any atom is 0.0636 e. The molecule has 0 aliphatic heterocycles. The van der Waals surface area contributed by atoms with Crippen molar-refractivity contribution in [1.82, 2.24) is 18.5 Å². The van der Waals surface area contributed by atoms with Crippen molar-refractivity contribution in [3.8, 4) is 0 Å². The van der Waals surface area contributed by atoms with Crippen LogP contribution in [-0.4, -0.2) is 17.9 Å². The first kappa shape index (κ1) is 32.1. The molecule has 9 heteroatoms. The summed E-state index contributed by atoms with van der Waals surface area (Å²) in [5, 5.41) is 29.2. The van der Waals surface area contributed by atoms with Crippen molar-refractivity contribution in [2.24, 2.45) is 0 Å². The Morgan fingerprint density at radius 3 is 1.09 bits per heavy atom. The van der Waals surface area contributed by atoms with Crippen LogP contribution in [0.4, 0.5) is 0 Å². The molecule has 134 valence electrons. The van der Waals surface area contributed by atoms with Crippen LogP contribution in [-0.2, 0) is 14.4 Å². The largest absolute Gasteiger partial charge is 0.550 e. The van der Waals surface area contributed by atoms with E-state index in [1.807, 2.05) is 0 Å². The van der Waals surface area contributed by atoms with E-state index in [0.717, 1.165) is 31.8 Å². The monoisotopic (exact) mass is 325 g/mol. The van der Waals surface area contributed by atoms with Gasteiger partial charge in [-0.1, -0.05) is 32.3 Å². The van der Waals surface area contributed by atoms with Crippen LogP contribution in [0.3, 0.4) is 0 Å². The Kier molecular flexibility index (Phi) is 35.1. The van der Waals surface area contributed by atoms with Gasteiger partial charge >= 0.3 is 0 Å². The standard InChI is InChI=1S/C10H18O4.C3H4O2.3H3N/c11-9(12)7-5-3-1-2-4-6-8-10(13)14;1-2-3(4)5;;;/h1-8H2,(H,11,12)(H,13,14);2H,1H2,(H,4,5);3*1H3. The molecule has 9 nitrogen and oxygen atoms in total. The number of hydrogen-bond acceptors (Lipinski definition) is 6. The van der Waals surface area contributed by atoms with Gasteiger partial charge in [-0.2, -0.15) is 0 Å². The number of carboxylic acids is 3. The summed E-state index contributed by atoms with van der Waals surface area (Å²) >= 11 is 0. The van der Waals surface area contributed by atoms with Gasteiger partial charge < -0.3 is 48.2 Å². The molecular formula is C13H31N3O6. The Bertz CT molecular complexity index is 278. The third-order valence-electron chi connectivity index (χ3n) is 2.18. The molecule has 0 spiro atoms. The molecule has 0 unspecified atom stereocenters. The second-order valence-corrected chi connectivity index (χ2v) is 3.89. The number of carbonyl (C=O) groups excluding carboxylic acids is 3. The van der Waals surface area contributed by atoms with Gasteiger partial charge in [0.2, 0.25) is 0 Å². The minimum atomic E-state index is -1.23. The van der Waals surface area contributed by atoms with E-state index >= 15 is 0 Å². The van der Waals surface area contributed by atoms with Crippen molar-refractivity contribution in [1.29, 1.82) is 0 Å². The summed E-state index contributed by atoms with van der Waals surface area (Å²) < 4.78 is 0. The number of quaternary nitrogens is 3. The van der Waals surface area contributed by atoms with Gasteiger partial charge in [0.15, 0.2) is 0 Å². The zero-order valence-corrected chi connectivity index (χ0v) is 13.9. The number of unbranched alkanes of at least 4 members (excludes halogenated alkanes) is 5. The van der Waals surface area contributed by atoms with E-state index in [-0.39, 0.29) is 31.3 Å². The van der Waals surface area contributed by atoms with E-state index in [4.69, 9.17) is 9.90 Å². The summed E-state index contributed by atoms with van der Waals surface area (Å²) in [5.74, 6) is -3.23. The Hall–Kier alpha value is -1.97. The quantitative estimate of drug-likeness (QED) is 0.358. The number of hydrogen-bond donors (Lipinski definition) is 3. The lowest BCUT2D eigenvalue weighted by Crippen LogP contribution is -2.21. The van der Waals surface area contributed by atoms with Gasteiger partial charge in [0.1, 0.15) is 0 Å². The average Bonchev–Trinajstić information content (AvgIpc) is 2.32. The topological polar surface area (TPSA) is 230 Å². The van der Waals surface area contributed by atoms with Crippen LogP contribution in [0.1, 0.15) is 51.4 Å². The van der Waals surface area contributed by atoms with Crippen molar-refractivity contribution >= 4 is 17.9 Å². The van der Waals surface area contributed by atoms with Crippen LogP contribution in [0.25, 0.3) is 0 Å².